The molecule has 0 amide bonds. The highest BCUT2D eigenvalue weighted by atomic mass is 19.4. The fourth-order valence-corrected chi connectivity index (χ4v) is 2.69. The summed E-state index contributed by atoms with van der Waals surface area (Å²) < 4.78 is 40.1. The van der Waals surface area contributed by atoms with Crippen molar-refractivity contribution in [2.24, 2.45) is 0 Å². The summed E-state index contributed by atoms with van der Waals surface area (Å²) in [6, 6.07) is 13.8. The van der Waals surface area contributed by atoms with E-state index >= 15 is 0 Å². The third-order valence-corrected chi connectivity index (χ3v) is 4.00. The van der Waals surface area contributed by atoms with E-state index in [1.807, 2.05) is 30.3 Å². The topological polar surface area (TPSA) is 95.4 Å². The number of alkyl halides is 3. The van der Waals surface area contributed by atoms with Crippen molar-refractivity contribution in [1.29, 1.82) is 0 Å². The van der Waals surface area contributed by atoms with Crippen LogP contribution in [0.25, 0.3) is 28.3 Å². The predicted octanol–water partition coefficient (Wildman–Crippen LogP) is 3.39. The molecule has 140 valence electrons. The van der Waals surface area contributed by atoms with Gasteiger partial charge in [-0.3, -0.25) is 0 Å². The van der Waals surface area contributed by atoms with Crippen LogP contribution >= 0.6 is 0 Å². The van der Waals surface area contributed by atoms with Crippen LogP contribution in [0.4, 0.5) is 19.1 Å². The van der Waals surface area contributed by atoms with Gasteiger partial charge in [0.05, 0.1) is 22.5 Å². The van der Waals surface area contributed by atoms with Crippen molar-refractivity contribution in [2.75, 3.05) is 5.73 Å². The Morgan fingerprint density at radius 3 is 2.32 bits per heavy atom. The van der Waals surface area contributed by atoms with E-state index < -0.39 is 11.7 Å². The standard InChI is InChI=1S/C18H12F3N7/c19-18(20,21)12-8-6-11(7-9-12)15-14(10-23-17(22)24-15)16-25-26-27-28(16)13-4-2-1-3-5-13/h1-10H,(H2,22,23,24). The molecule has 0 bridgehead atoms. The molecule has 0 saturated heterocycles. The maximum atomic E-state index is 12.9. The fraction of sp³-hybridized carbons (Fsp3) is 0.0556. The van der Waals surface area contributed by atoms with Gasteiger partial charge in [0.1, 0.15) is 0 Å². The van der Waals surface area contributed by atoms with Crippen molar-refractivity contribution < 1.29 is 13.2 Å². The minimum absolute atomic E-state index is 0.0163. The highest BCUT2D eigenvalue weighted by Crippen LogP contribution is 2.33. The zero-order chi connectivity index (χ0) is 19.7. The highest BCUT2D eigenvalue weighted by Gasteiger charge is 2.30. The molecule has 2 heterocycles. The minimum Gasteiger partial charge on any atom is -0.368 e. The Hall–Kier alpha value is -3.82. The SMILES string of the molecule is Nc1ncc(-c2nnnn2-c2ccccc2)c(-c2ccc(C(F)(F)F)cc2)n1. The van der Waals surface area contributed by atoms with Crippen LogP contribution in [-0.2, 0) is 6.18 Å². The fourth-order valence-electron chi connectivity index (χ4n) is 2.69. The molecule has 10 heteroatoms. The largest absolute Gasteiger partial charge is 0.416 e. The number of para-hydroxylation sites is 1. The second-order valence-corrected chi connectivity index (χ2v) is 5.82. The van der Waals surface area contributed by atoms with Gasteiger partial charge in [0.2, 0.25) is 5.95 Å². The maximum absolute atomic E-state index is 12.9. The van der Waals surface area contributed by atoms with E-state index in [1.54, 1.807) is 0 Å². The van der Waals surface area contributed by atoms with E-state index in [9.17, 15) is 13.2 Å². The molecule has 4 aromatic rings. The lowest BCUT2D eigenvalue weighted by Crippen LogP contribution is -2.05. The van der Waals surface area contributed by atoms with E-state index in [0.717, 1.165) is 12.1 Å². The number of rotatable bonds is 3. The van der Waals surface area contributed by atoms with Crippen molar-refractivity contribution in [1.82, 2.24) is 30.2 Å². The lowest BCUT2D eigenvalue weighted by atomic mass is 10.0. The summed E-state index contributed by atoms with van der Waals surface area (Å²) in [6.07, 6.45) is -2.98. The molecule has 2 aromatic heterocycles. The van der Waals surface area contributed by atoms with E-state index in [0.29, 0.717) is 28.3 Å². The van der Waals surface area contributed by atoms with Gasteiger partial charge in [-0.15, -0.1) is 5.10 Å². The number of tetrazole rings is 1. The summed E-state index contributed by atoms with van der Waals surface area (Å²) in [5, 5.41) is 11.7. The summed E-state index contributed by atoms with van der Waals surface area (Å²) in [7, 11) is 0. The average molecular weight is 383 g/mol. The Bertz CT molecular complexity index is 1110. The monoisotopic (exact) mass is 383 g/mol. The normalized spacial score (nSPS) is 11.5. The van der Waals surface area contributed by atoms with Gasteiger partial charge in [-0.1, -0.05) is 30.3 Å². The molecule has 0 radical (unpaired) electrons. The van der Waals surface area contributed by atoms with Crippen LogP contribution in [0, 0.1) is 0 Å². The number of hydrogen-bond donors (Lipinski definition) is 1. The molecule has 2 N–H and O–H groups in total. The lowest BCUT2D eigenvalue weighted by Gasteiger charge is -2.11. The van der Waals surface area contributed by atoms with E-state index in [4.69, 9.17) is 5.73 Å². The van der Waals surface area contributed by atoms with Crippen LogP contribution < -0.4 is 5.73 Å². The zero-order valence-corrected chi connectivity index (χ0v) is 14.2. The molecular formula is C18H12F3N7. The average Bonchev–Trinajstić information content (AvgIpc) is 3.18. The van der Waals surface area contributed by atoms with Crippen LogP contribution in [0.3, 0.4) is 0 Å². The van der Waals surface area contributed by atoms with Crippen molar-refractivity contribution in [3.8, 4) is 28.3 Å². The van der Waals surface area contributed by atoms with Crippen LogP contribution in [0.15, 0.2) is 60.8 Å². The second kappa shape index (κ2) is 6.72. The van der Waals surface area contributed by atoms with Gasteiger partial charge in [-0.2, -0.15) is 17.9 Å². The molecular weight excluding hydrogens is 371 g/mol. The van der Waals surface area contributed by atoms with Crippen LogP contribution in [0.1, 0.15) is 5.56 Å². The molecule has 0 aliphatic rings. The quantitative estimate of drug-likeness (QED) is 0.583. The number of aromatic nitrogens is 6. The summed E-state index contributed by atoms with van der Waals surface area (Å²) in [6.45, 7) is 0. The van der Waals surface area contributed by atoms with Crippen LogP contribution in [-0.4, -0.2) is 30.2 Å². The molecule has 0 aliphatic heterocycles. The molecule has 0 atom stereocenters. The van der Waals surface area contributed by atoms with Crippen molar-refractivity contribution in [2.45, 2.75) is 6.18 Å². The number of halogens is 3. The summed E-state index contributed by atoms with van der Waals surface area (Å²) >= 11 is 0. The Balaban J connectivity index is 1.85. The predicted molar refractivity (Wildman–Crippen MR) is 95.0 cm³/mol. The number of nitrogens with two attached hydrogens (primary N) is 1. The summed E-state index contributed by atoms with van der Waals surface area (Å²) in [4.78, 5) is 8.19. The van der Waals surface area contributed by atoms with Gasteiger partial charge in [-0.25, -0.2) is 9.97 Å². The van der Waals surface area contributed by atoms with Crippen LogP contribution in [0.2, 0.25) is 0 Å². The van der Waals surface area contributed by atoms with Crippen molar-refractivity contribution in [3.63, 3.8) is 0 Å². The first-order valence-electron chi connectivity index (χ1n) is 8.08. The van der Waals surface area contributed by atoms with Gasteiger partial charge in [0.25, 0.3) is 0 Å². The van der Waals surface area contributed by atoms with Gasteiger partial charge < -0.3 is 5.73 Å². The third kappa shape index (κ3) is 3.27. The smallest absolute Gasteiger partial charge is 0.368 e. The van der Waals surface area contributed by atoms with E-state index in [2.05, 4.69) is 25.5 Å². The number of nitrogens with zero attached hydrogens (tertiary/aromatic N) is 6. The van der Waals surface area contributed by atoms with Gasteiger partial charge in [0.15, 0.2) is 5.82 Å². The number of nitrogen functional groups attached to an aromatic ring is 1. The second-order valence-electron chi connectivity index (χ2n) is 5.82. The molecule has 0 spiro atoms. The number of anilines is 1. The van der Waals surface area contributed by atoms with Crippen LogP contribution in [0.5, 0.6) is 0 Å². The third-order valence-electron chi connectivity index (χ3n) is 4.00. The Labute approximate surface area is 156 Å². The highest BCUT2D eigenvalue weighted by molar-refractivity contribution is 5.78. The number of hydrogen-bond acceptors (Lipinski definition) is 6. The first-order chi connectivity index (χ1) is 13.4. The maximum Gasteiger partial charge on any atom is 0.416 e. The van der Waals surface area contributed by atoms with E-state index in [1.165, 1.54) is 23.0 Å². The lowest BCUT2D eigenvalue weighted by molar-refractivity contribution is -0.137. The summed E-state index contributed by atoms with van der Waals surface area (Å²) in [5.41, 5.74) is 6.85. The minimum atomic E-state index is -4.43. The molecule has 0 unspecified atom stereocenters. The Morgan fingerprint density at radius 2 is 1.64 bits per heavy atom. The Kier molecular flexibility index (Phi) is 4.22. The molecule has 0 fully saturated rings. The molecule has 4 rings (SSSR count). The van der Waals surface area contributed by atoms with Gasteiger partial charge in [0, 0.05) is 11.8 Å². The molecule has 0 aliphatic carbocycles. The number of benzene rings is 2. The van der Waals surface area contributed by atoms with Gasteiger partial charge in [-0.05, 0) is 34.7 Å². The molecule has 2 aromatic carbocycles. The molecule has 0 saturated carbocycles. The zero-order valence-electron chi connectivity index (χ0n) is 14.2. The first-order valence-corrected chi connectivity index (χ1v) is 8.08. The Morgan fingerprint density at radius 1 is 0.929 bits per heavy atom. The molecule has 28 heavy (non-hydrogen) atoms. The molecule has 7 nitrogen and oxygen atoms in total. The first kappa shape index (κ1) is 17.6. The van der Waals surface area contributed by atoms with Gasteiger partial charge >= 0.3 is 6.18 Å². The van der Waals surface area contributed by atoms with Crippen molar-refractivity contribution in [3.05, 3.63) is 66.4 Å². The van der Waals surface area contributed by atoms with Crippen molar-refractivity contribution >= 4 is 5.95 Å². The summed E-state index contributed by atoms with van der Waals surface area (Å²) in [5.74, 6) is 0.318. The van der Waals surface area contributed by atoms with E-state index in [-0.39, 0.29) is 5.95 Å².